The van der Waals surface area contributed by atoms with Crippen molar-refractivity contribution in [3.63, 3.8) is 0 Å². The van der Waals surface area contributed by atoms with Crippen molar-refractivity contribution in [1.29, 1.82) is 0 Å². The molecule has 3 fully saturated rings. The van der Waals surface area contributed by atoms with E-state index in [1.54, 1.807) is 16.7 Å². The molecule has 4 aliphatic rings. The van der Waals surface area contributed by atoms with Gasteiger partial charge >= 0.3 is 6.09 Å². The average Bonchev–Trinajstić information content (AvgIpc) is 3.51. The quantitative estimate of drug-likeness (QED) is 0.719. The number of carbonyl (C=O) groups excluding carboxylic acids is 3. The molecule has 1 aromatic carbocycles. The van der Waals surface area contributed by atoms with Gasteiger partial charge < -0.3 is 19.6 Å². The summed E-state index contributed by atoms with van der Waals surface area (Å²) in [6, 6.07) is 8.77. The van der Waals surface area contributed by atoms with Gasteiger partial charge in [-0.05, 0) is 50.0 Å². The van der Waals surface area contributed by atoms with Gasteiger partial charge in [-0.15, -0.1) is 0 Å². The van der Waals surface area contributed by atoms with Gasteiger partial charge in [0.2, 0.25) is 11.8 Å². The van der Waals surface area contributed by atoms with Gasteiger partial charge in [0, 0.05) is 31.2 Å². The van der Waals surface area contributed by atoms with Crippen molar-refractivity contribution in [2.24, 2.45) is 5.41 Å². The van der Waals surface area contributed by atoms with Crippen LogP contribution in [0.4, 0.5) is 4.79 Å². The summed E-state index contributed by atoms with van der Waals surface area (Å²) in [7, 11) is 0. The Morgan fingerprint density at radius 2 is 1.94 bits per heavy atom. The first-order valence-electron chi connectivity index (χ1n) is 12.3. The number of likely N-dealkylation sites (tertiary alicyclic amines) is 1. The van der Waals surface area contributed by atoms with Gasteiger partial charge in [0.15, 0.2) is 0 Å². The normalized spacial score (nSPS) is 27.5. The van der Waals surface area contributed by atoms with Crippen molar-refractivity contribution in [3.05, 3.63) is 47.7 Å². The number of hydrogen-bond donors (Lipinski definition) is 1. The predicted molar refractivity (Wildman–Crippen MR) is 124 cm³/mol. The van der Waals surface area contributed by atoms with E-state index in [0.29, 0.717) is 38.9 Å². The zero-order valence-corrected chi connectivity index (χ0v) is 19.7. The Bertz CT molecular complexity index is 989. The molecule has 3 amide bonds. The van der Waals surface area contributed by atoms with E-state index >= 15 is 0 Å². The Balaban J connectivity index is 1.13. The molecular weight excluding hydrogens is 434 g/mol. The first-order valence-corrected chi connectivity index (χ1v) is 12.3. The van der Waals surface area contributed by atoms with Crippen LogP contribution in [-0.4, -0.2) is 75.5 Å². The maximum atomic E-state index is 13.2. The number of rotatable bonds is 5. The summed E-state index contributed by atoms with van der Waals surface area (Å²) in [5.74, 6) is -0.0835. The maximum absolute atomic E-state index is 13.2. The zero-order valence-electron chi connectivity index (χ0n) is 19.7. The van der Waals surface area contributed by atoms with Crippen molar-refractivity contribution >= 4 is 17.9 Å². The number of fused-ring (bicyclic) bond motifs is 1. The van der Waals surface area contributed by atoms with Gasteiger partial charge in [-0.2, -0.15) is 0 Å². The highest BCUT2D eigenvalue weighted by Gasteiger charge is 2.52. The second kappa shape index (κ2) is 9.06. The first-order chi connectivity index (χ1) is 16.4. The van der Waals surface area contributed by atoms with E-state index in [1.807, 2.05) is 36.4 Å². The van der Waals surface area contributed by atoms with Crippen LogP contribution in [0.25, 0.3) is 0 Å². The maximum Gasteiger partial charge on any atom is 0.411 e. The van der Waals surface area contributed by atoms with Crippen LogP contribution in [0.1, 0.15) is 51.0 Å². The highest BCUT2D eigenvalue weighted by molar-refractivity contribution is 5.89. The summed E-state index contributed by atoms with van der Waals surface area (Å²) in [5.41, 5.74) is 1.78. The predicted octanol–water partition coefficient (Wildman–Crippen LogP) is 2.67. The fourth-order valence-corrected chi connectivity index (χ4v) is 5.53. The molecule has 5 rings (SSSR count). The molecule has 0 radical (unpaired) electrons. The van der Waals surface area contributed by atoms with E-state index in [2.05, 4.69) is 0 Å². The lowest BCUT2D eigenvalue weighted by molar-refractivity contribution is -0.140. The third-order valence-corrected chi connectivity index (χ3v) is 8.05. The number of piperidine rings is 1. The molecule has 182 valence electrons. The van der Waals surface area contributed by atoms with E-state index in [9.17, 15) is 19.5 Å². The van der Waals surface area contributed by atoms with Crippen LogP contribution in [0.5, 0.6) is 0 Å². The summed E-state index contributed by atoms with van der Waals surface area (Å²) >= 11 is 0. The molecule has 1 saturated carbocycles. The van der Waals surface area contributed by atoms with E-state index in [0.717, 1.165) is 30.5 Å². The van der Waals surface area contributed by atoms with Gasteiger partial charge in [-0.1, -0.05) is 36.4 Å². The van der Waals surface area contributed by atoms with E-state index in [-0.39, 0.29) is 29.9 Å². The molecule has 3 atom stereocenters. The molecule has 34 heavy (non-hydrogen) atoms. The summed E-state index contributed by atoms with van der Waals surface area (Å²) in [6.07, 6.45) is 5.71. The molecule has 1 aliphatic carbocycles. The van der Waals surface area contributed by atoms with Crippen LogP contribution < -0.4 is 0 Å². The number of aliphatic hydroxyl groups is 1. The molecule has 3 aliphatic heterocycles. The van der Waals surface area contributed by atoms with E-state index in [4.69, 9.17) is 4.74 Å². The Morgan fingerprint density at radius 3 is 2.65 bits per heavy atom. The Labute approximate surface area is 200 Å². The van der Waals surface area contributed by atoms with Gasteiger partial charge in [-0.3, -0.25) is 14.5 Å². The molecule has 0 bridgehead atoms. The van der Waals surface area contributed by atoms with Crippen LogP contribution in [0.15, 0.2) is 42.1 Å². The summed E-state index contributed by atoms with van der Waals surface area (Å²) in [4.78, 5) is 43.7. The first kappa shape index (κ1) is 22.9. The average molecular weight is 468 g/mol. The van der Waals surface area contributed by atoms with E-state index in [1.165, 1.54) is 4.90 Å². The molecule has 2 saturated heterocycles. The van der Waals surface area contributed by atoms with Crippen molar-refractivity contribution < 1.29 is 24.2 Å². The number of aliphatic hydroxyl groups excluding tert-OH is 1. The number of hydrogen-bond acceptors (Lipinski definition) is 5. The number of amides is 3. The largest absolute Gasteiger partial charge is 0.445 e. The van der Waals surface area contributed by atoms with E-state index < -0.39 is 18.2 Å². The Kier molecular flexibility index (Phi) is 6.10. The number of benzene rings is 1. The molecule has 1 spiro atoms. The van der Waals surface area contributed by atoms with Gasteiger partial charge in [0.05, 0.1) is 12.6 Å². The van der Waals surface area contributed by atoms with Crippen molar-refractivity contribution in [3.8, 4) is 0 Å². The van der Waals surface area contributed by atoms with Gasteiger partial charge in [0.1, 0.15) is 12.6 Å². The summed E-state index contributed by atoms with van der Waals surface area (Å²) in [6.45, 7) is 3.35. The Morgan fingerprint density at radius 1 is 1.18 bits per heavy atom. The summed E-state index contributed by atoms with van der Waals surface area (Å²) < 4.78 is 5.45. The summed E-state index contributed by atoms with van der Waals surface area (Å²) in [5, 5.41) is 10.4. The fraction of sp³-hybridized carbons (Fsp3) is 0.577. The second-order valence-corrected chi connectivity index (χ2v) is 10.1. The molecule has 8 nitrogen and oxygen atoms in total. The lowest BCUT2D eigenvalue weighted by Gasteiger charge is -2.41. The van der Waals surface area contributed by atoms with Crippen LogP contribution in [0.2, 0.25) is 0 Å². The monoisotopic (exact) mass is 467 g/mol. The minimum atomic E-state index is -0.622. The zero-order chi connectivity index (χ0) is 23.9. The third-order valence-electron chi connectivity index (χ3n) is 8.05. The number of carbonyl (C=O) groups is 3. The molecule has 1 unspecified atom stereocenters. The number of β-amino-alcohol motifs (C(OH)–C–C–N with tert-alkyl or cyclic N) is 1. The highest BCUT2D eigenvalue weighted by atomic mass is 16.6. The standard InChI is InChI=1S/C26H33N3O5/c1-18-24(32)29-20(9-10-23(31)27-14-13-26(11-12-26)22(30)16-27)7-8-21(29)15-28(18)25(33)34-17-19-5-3-2-4-6-19/h2-6,8,18,20,22,30H,7,9-17H2,1H3/t18-,20-,22?/m0/s1. The lowest BCUT2D eigenvalue weighted by atomic mass is 9.90. The van der Waals surface area contributed by atoms with Crippen LogP contribution in [-0.2, 0) is 20.9 Å². The minimum absolute atomic E-state index is 0.0478. The van der Waals surface area contributed by atoms with Crippen molar-refractivity contribution in [1.82, 2.24) is 14.7 Å². The molecule has 0 aromatic heterocycles. The number of nitrogens with zero attached hydrogens (tertiary/aromatic N) is 3. The third kappa shape index (κ3) is 4.31. The smallest absolute Gasteiger partial charge is 0.411 e. The van der Waals surface area contributed by atoms with Gasteiger partial charge in [0.25, 0.3) is 0 Å². The SMILES string of the molecule is C[C@H]1C(=O)N2C(=CC[C@H]2CCC(=O)N2CCC3(CC3)C(O)C2)CN1C(=O)OCc1ccccc1. The topological polar surface area (TPSA) is 90.4 Å². The Hall–Kier alpha value is -2.87. The minimum Gasteiger partial charge on any atom is -0.445 e. The molecular formula is C26H33N3O5. The van der Waals surface area contributed by atoms with Crippen molar-refractivity contribution in [2.75, 3.05) is 19.6 Å². The molecule has 8 heteroatoms. The molecule has 1 aromatic rings. The number of piperazine rings is 1. The molecule has 1 N–H and O–H groups in total. The number of ether oxygens (including phenoxy) is 1. The highest BCUT2D eigenvalue weighted by Crippen LogP contribution is 2.53. The van der Waals surface area contributed by atoms with Crippen LogP contribution in [0.3, 0.4) is 0 Å². The van der Waals surface area contributed by atoms with Crippen LogP contribution in [0, 0.1) is 5.41 Å². The van der Waals surface area contributed by atoms with Gasteiger partial charge in [-0.25, -0.2) is 4.79 Å². The fourth-order valence-electron chi connectivity index (χ4n) is 5.53. The molecule has 3 heterocycles. The second-order valence-electron chi connectivity index (χ2n) is 10.1. The van der Waals surface area contributed by atoms with Crippen molar-refractivity contribution in [2.45, 2.75) is 70.2 Å². The lowest BCUT2D eigenvalue weighted by Crippen LogP contribution is -2.57. The van der Waals surface area contributed by atoms with Crippen LogP contribution >= 0.6 is 0 Å².